The lowest BCUT2D eigenvalue weighted by Gasteiger charge is -2.02. The number of thioether (sulfide) groups is 1. The molecule has 2 aromatic heterocycles. The lowest BCUT2D eigenvalue weighted by molar-refractivity contribution is -0.512. The molecule has 6 nitrogen and oxygen atoms in total. The lowest BCUT2D eigenvalue weighted by Crippen LogP contribution is -2.79. The number of hydrogen-bond donors (Lipinski definition) is 4. The smallest absolute Gasteiger partial charge is 0.276 e. The van der Waals surface area contributed by atoms with Gasteiger partial charge in [-0.3, -0.25) is 5.84 Å². The molecule has 7 heteroatoms. The van der Waals surface area contributed by atoms with Crippen LogP contribution in [0.3, 0.4) is 0 Å². The van der Waals surface area contributed by atoms with Gasteiger partial charge in [0, 0.05) is 16.5 Å². The number of unbranched alkanes of at least 4 members (excludes halogenated alkanes) is 1. The Kier molecular flexibility index (Phi) is 6.73. The first-order valence-corrected chi connectivity index (χ1v) is 10.2. The molecule has 0 atom stereocenters. The molecule has 0 saturated carbocycles. The van der Waals surface area contributed by atoms with E-state index in [0.717, 1.165) is 0 Å². The number of aromatic nitrogens is 2. The molecule has 0 saturated heterocycles. The third kappa shape index (κ3) is 4.81. The van der Waals surface area contributed by atoms with Crippen molar-refractivity contribution in [1.29, 1.82) is 0 Å². The number of fused-ring (bicyclic) bond motifs is 1. The summed E-state index contributed by atoms with van der Waals surface area (Å²) in [5.41, 5.74) is 10.7. The van der Waals surface area contributed by atoms with E-state index in [1.165, 1.54) is 52.3 Å². The highest BCUT2D eigenvalue weighted by Gasteiger charge is 2.16. The third-order valence-corrected chi connectivity index (χ3v) is 5.53. The molecule has 27 heavy (non-hydrogen) atoms. The highest BCUT2D eigenvalue weighted by Crippen LogP contribution is 2.23. The second-order valence-electron chi connectivity index (χ2n) is 6.41. The van der Waals surface area contributed by atoms with Gasteiger partial charge in [-0.1, -0.05) is 37.6 Å². The van der Waals surface area contributed by atoms with Crippen molar-refractivity contribution in [3.05, 3.63) is 54.4 Å². The van der Waals surface area contributed by atoms with Crippen LogP contribution in [0.25, 0.3) is 16.9 Å². The first-order chi connectivity index (χ1) is 13.2. The van der Waals surface area contributed by atoms with Crippen LogP contribution in [-0.2, 0) is 13.6 Å². The SMILES string of the molecule is CCCCSc1ccc2n(C)c(-c3ccc(CNNC=[NH+]N)cc3)c[n+]2c1. The van der Waals surface area contributed by atoms with E-state index in [0.29, 0.717) is 6.54 Å². The van der Waals surface area contributed by atoms with Gasteiger partial charge in [0.15, 0.2) is 5.69 Å². The van der Waals surface area contributed by atoms with Crippen LogP contribution >= 0.6 is 11.8 Å². The maximum absolute atomic E-state index is 5.16. The van der Waals surface area contributed by atoms with E-state index in [1.807, 2.05) is 11.8 Å². The van der Waals surface area contributed by atoms with E-state index < -0.39 is 0 Å². The topological polar surface area (TPSA) is 73.1 Å². The number of hydrazine groups is 2. The number of imidazole rings is 1. The van der Waals surface area contributed by atoms with E-state index in [1.54, 1.807) is 0 Å². The molecule has 0 aliphatic heterocycles. The Morgan fingerprint density at radius 3 is 2.74 bits per heavy atom. The quantitative estimate of drug-likeness (QED) is 0.0841. The van der Waals surface area contributed by atoms with Crippen molar-refractivity contribution >= 4 is 23.7 Å². The predicted octanol–water partition coefficient (Wildman–Crippen LogP) is 0.900. The highest BCUT2D eigenvalue weighted by atomic mass is 32.2. The average Bonchev–Trinajstić information content (AvgIpc) is 3.02. The van der Waals surface area contributed by atoms with E-state index in [9.17, 15) is 0 Å². The van der Waals surface area contributed by atoms with Crippen molar-refractivity contribution in [2.45, 2.75) is 31.2 Å². The van der Waals surface area contributed by atoms with Crippen LogP contribution in [-0.4, -0.2) is 16.7 Å². The highest BCUT2D eigenvalue weighted by molar-refractivity contribution is 7.99. The predicted molar refractivity (Wildman–Crippen MR) is 111 cm³/mol. The van der Waals surface area contributed by atoms with E-state index in [4.69, 9.17) is 5.84 Å². The molecular weight excluding hydrogens is 356 g/mol. The fourth-order valence-corrected chi connectivity index (χ4v) is 3.97. The molecule has 0 unspecified atom stereocenters. The summed E-state index contributed by atoms with van der Waals surface area (Å²) in [6, 6.07) is 13.0. The number of nitrogens with one attached hydrogen (secondary N) is 3. The van der Waals surface area contributed by atoms with E-state index in [2.05, 4.69) is 87.7 Å². The van der Waals surface area contributed by atoms with Gasteiger partial charge in [-0.15, -0.1) is 11.8 Å². The zero-order valence-electron chi connectivity index (χ0n) is 15.9. The number of aryl methyl sites for hydroxylation is 1. The molecule has 0 amide bonds. The number of benzene rings is 1. The molecule has 0 fully saturated rings. The van der Waals surface area contributed by atoms with E-state index in [-0.39, 0.29) is 0 Å². The Morgan fingerprint density at radius 2 is 2.00 bits per heavy atom. The fraction of sp³-hybridized carbons (Fsp3) is 0.300. The summed E-state index contributed by atoms with van der Waals surface area (Å²) < 4.78 is 4.45. The van der Waals surface area contributed by atoms with Gasteiger partial charge < -0.3 is 0 Å². The molecule has 0 radical (unpaired) electrons. The van der Waals surface area contributed by atoms with Crippen LogP contribution in [0.4, 0.5) is 0 Å². The lowest BCUT2D eigenvalue weighted by atomic mass is 10.1. The molecular formula is C20H28N6S+2. The second-order valence-corrected chi connectivity index (χ2v) is 7.58. The van der Waals surface area contributed by atoms with E-state index >= 15 is 0 Å². The summed E-state index contributed by atoms with van der Waals surface area (Å²) in [5, 5.41) is 2.42. The van der Waals surface area contributed by atoms with Crippen molar-refractivity contribution < 1.29 is 9.50 Å². The molecule has 142 valence electrons. The number of nitrogens with zero attached hydrogens (tertiary/aromatic N) is 2. The van der Waals surface area contributed by atoms with Crippen molar-refractivity contribution in [3.63, 3.8) is 0 Å². The summed E-state index contributed by atoms with van der Waals surface area (Å²) in [6.07, 6.45) is 8.46. The van der Waals surface area contributed by atoms with Gasteiger partial charge >= 0.3 is 0 Å². The average molecular weight is 385 g/mol. The summed E-state index contributed by atoms with van der Waals surface area (Å²) in [4.78, 5) is 1.32. The minimum absolute atomic E-state index is 0.709. The monoisotopic (exact) mass is 384 g/mol. The third-order valence-electron chi connectivity index (χ3n) is 4.46. The van der Waals surface area contributed by atoms with Crippen LogP contribution in [0.1, 0.15) is 25.3 Å². The Balaban J connectivity index is 1.76. The van der Waals surface area contributed by atoms with Gasteiger partial charge in [-0.25, -0.2) is 14.4 Å². The van der Waals surface area contributed by atoms with Crippen molar-refractivity contribution in [1.82, 2.24) is 15.4 Å². The van der Waals surface area contributed by atoms with Crippen molar-refractivity contribution in [2.75, 3.05) is 5.75 Å². The Bertz CT molecular complexity index is 901. The van der Waals surface area contributed by atoms with Gasteiger partial charge in [-0.2, -0.15) is 10.5 Å². The van der Waals surface area contributed by atoms with Gasteiger partial charge in [0.1, 0.15) is 12.4 Å². The zero-order valence-corrected chi connectivity index (χ0v) is 16.7. The number of hydrogen-bond acceptors (Lipinski definition) is 3. The molecule has 3 rings (SSSR count). The molecule has 2 heterocycles. The minimum Gasteiger partial charge on any atom is -0.276 e. The largest absolute Gasteiger partial charge is 0.286 e. The number of rotatable bonds is 9. The number of pyridine rings is 1. The molecule has 0 bridgehead atoms. The van der Waals surface area contributed by atoms with Crippen LogP contribution in [0, 0.1) is 0 Å². The molecule has 3 aromatic rings. The van der Waals surface area contributed by atoms with Crippen LogP contribution in [0.15, 0.2) is 53.7 Å². The van der Waals surface area contributed by atoms with Gasteiger partial charge in [-0.05, 0) is 23.8 Å². The summed E-state index contributed by atoms with van der Waals surface area (Å²) in [5.74, 6) is 6.34. The normalized spacial score (nSPS) is 11.5. The summed E-state index contributed by atoms with van der Waals surface area (Å²) in [6.45, 7) is 2.94. The molecule has 0 aliphatic rings. The first kappa shape index (κ1) is 19.3. The van der Waals surface area contributed by atoms with Crippen molar-refractivity contribution in [2.24, 2.45) is 12.9 Å². The maximum Gasteiger partial charge on any atom is 0.286 e. The Morgan fingerprint density at radius 1 is 1.19 bits per heavy atom. The fourth-order valence-electron chi connectivity index (χ4n) is 2.95. The van der Waals surface area contributed by atoms with Crippen LogP contribution < -0.4 is 26.2 Å². The Labute approximate surface area is 164 Å². The standard InChI is InChI=1S/C20H27N6S/c1-3-4-11-27-18-9-10-20-25(2)19(14-26(20)13-18)17-7-5-16(6-8-17)12-23-24-15-22-21/h5-10,13-15,23H,3-4,11-12,21H2,1-2H3,(H,22,24)/q+1/p+1. The van der Waals surface area contributed by atoms with Gasteiger partial charge in [0.25, 0.3) is 12.0 Å². The zero-order chi connectivity index (χ0) is 19.1. The number of hydrazone groups is 1. The Hall–Kier alpha value is -2.51. The second kappa shape index (κ2) is 9.43. The minimum atomic E-state index is 0.709. The van der Waals surface area contributed by atoms with Gasteiger partial charge in [0.2, 0.25) is 0 Å². The first-order valence-electron chi connectivity index (χ1n) is 9.22. The number of nitrogens with two attached hydrogens (primary N) is 1. The summed E-state index contributed by atoms with van der Waals surface area (Å²) >= 11 is 1.93. The van der Waals surface area contributed by atoms with Gasteiger partial charge in [0.05, 0.1) is 13.6 Å². The molecule has 0 aliphatic carbocycles. The van der Waals surface area contributed by atoms with Crippen LogP contribution in [0.5, 0.6) is 0 Å². The molecule has 5 N–H and O–H groups in total. The van der Waals surface area contributed by atoms with Crippen molar-refractivity contribution in [3.8, 4) is 11.3 Å². The van der Waals surface area contributed by atoms with Crippen LogP contribution in [0.2, 0.25) is 0 Å². The summed E-state index contributed by atoms with van der Waals surface area (Å²) in [7, 11) is 2.11. The molecule has 0 spiro atoms. The maximum atomic E-state index is 5.16. The molecule has 1 aromatic carbocycles.